The predicted octanol–water partition coefficient (Wildman–Crippen LogP) is 0.0568. The summed E-state index contributed by atoms with van der Waals surface area (Å²) in [6.45, 7) is 6.07. The first kappa shape index (κ1) is 14.0. The highest BCUT2D eigenvalue weighted by Crippen LogP contribution is 2.58. The Bertz CT molecular complexity index is 531. The molecule has 1 aliphatic heterocycles. The van der Waals surface area contributed by atoms with Crippen LogP contribution in [-0.4, -0.2) is 44.9 Å². The zero-order valence-corrected chi connectivity index (χ0v) is 12.1. The van der Waals surface area contributed by atoms with E-state index in [4.69, 9.17) is 8.92 Å². The van der Waals surface area contributed by atoms with E-state index in [2.05, 4.69) is 11.9 Å². The van der Waals surface area contributed by atoms with Crippen molar-refractivity contribution in [3.05, 3.63) is 12.7 Å². The fourth-order valence-corrected chi connectivity index (χ4v) is 6.13. The molecule has 7 heteroatoms. The number of ether oxygens (including phenoxy) is 1. The Labute approximate surface area is 118 Å². The number of hydrogen-bond donors (Lipinski definition) is 1. The van der Waals surface area contributed by atoms with E-state index in [1.54, 1.807) is 0 Å². The Morgan fingerprint density at radius 3 is 2.95 bits per heavy atom. The molecule has 6 atom stereocenters. The fourth-order valence-electron chi connectivity index (χ4n) is 4.02. The van der Waals surface area contributed by atoms with Crippen molar-refractivity contribution in [1.29, 1.82) is 0 Å². The second-order valence-electron chi connectivity index (χ2n) is 5.77. The van der Waals surface area contributed by atoms with Crippen LogP contribution in [0.1, 0.15) is 13.3 Å². The van der Waals surface area contributed by atoms with Gasteiger partial charge in [-0.15, -0.1) is 0 Å². The maximum atomic E-state index is 11.9. The summed E-state index contributed by atoms with van der Waals surface area (Å²) in [5, 5.41) is 2.28. The minimum atomic E-state index is -3.42. The average molecular weight is 301 g/mol. The van der Waals surface area contributed by atoms with Crippen molar-refractivity contribution in [2.45, 2.75) is 30.8 Å². The van der Waals surface area contributed by atoms with Crippen molar-refractivity contribution in [1.82, 2.24) is 5.32 Å². The molecule has 1 saturated heterocycles. The van der Waals surface area contributed by atoms with Crippen molar-refractivity contribution in [3.63, 3.8) is 0 Å². The van der Waals surface area contributed by atoms with Crippen LogP contribution in [0.4, 0.5) is 0 Å². The Hall–Kier alpha value is -0.920. The molecule has 2 aliphatic carbocycles. The molecule has 0 aromatic heterocycles. The Balaban J connectivity index is 1.60. The van der Waals surface area contributed by atoms with Crippen LogP contribution in [0.3, 0.4) is 0 Å². The van der Waals surface area contributed by atoms with Crippen LogP contribution in [0.25, 0.3) is 0 Å². The molecule has 0 aromatic carbocycles. The Kier molecular flexibility index (Phi) is 3.38. The van der Waals surface area contributed by atoms with Gasteiger partial charge in [0.2, 0.25) is 5.91 Å². The van der Waals surface area contributed by atoms with Gasteiger partial charge in [-0.25, -0.2) is 0 Å². The molecule has 3 aliphatic rings. The molecule has 2 saturated carbocycles. The lowest BCUT2D eigenvalue weighted by Gasteiger charge is -2.29. The number of carbonyl (C=O) groups excluding carboxylic acids is 1. The van der Waals surface area contributed by atoms with Crippen molar-refractivity contribution >= 4 is 16.0 Å². The van der Waals surface area contributed by atoms with Gasteiger partial charge >= 0.3 is 0 Å². The summed E-state index contributed by atoms with van der Waals surface area (Å²) in [5.74, 6) is 0.154. The van der Waals surface area contributed by atoms with E-state index in [1.165, 1.54) is 6.08 Å². The van der Waals surface area contributed by atoms with Gasteiger partial charge in [-0.05, 0) is 24.3 Å². The molecule has 6 nitrogen and oxygen atoms in total. The van der Waals surface area contributed by atoms with E-state index in [9.17, 15) is 13.2 Å². The van der Waals surface area contributed by atoms with Gasteiger partial charge < -0.3 is 10.1 Å². The number of amides is 1. The number of hydrogen-bond acceptors (Lipinski definition) is 5. The molecule has 3 rings (SSSR count). The molecular weight excluding hydrogens is 282 g/mol. The second-order valence-corrected chi connectivity index (χ2v) is 7.49. The molecule has 0 spiro atoms. The van der Waals surface area contributed by atoms with Crippen LogP contribution in [-0.2, 0) is 23.8 Å². The predicted molar refractivity (Wildman–Crippen MR) is 71.3 cm³/mol. The van der Waals surface area contributed by atoms with E-state index < -0.39 is 10.1 Å². The van der Waals surface area contributed by atoms with Gasteiger partial charge in [0.25, 0.3) is 10.1 Å². The first-order valence-corrected chi connectivity index (χ1v) is 8.37. The monoisotopic (exact) mass is 301 g/mol. The van der Waals surface area contributed by atoms with E-state index in [0.29, 0.717) is 13.2 Å². The third kappa shape index (κ3) is 1.99. The van der Waals surface area contributed by atoms with Gasteiger partial charge in [-0.2, -0.15) is 8.42 Å². The van der Waals surface area contributed by atoms with Gasteiger partial charge in [0.1, 0.15) is 6.10 Å². The fraction of sp³-hybridized carbons (Fsp3) is 0.769. The normalized spacial score (nSPS) is 43.6. The zero-order valence-electron chi connectivity index (χ0n) is 11.3. The van der Waals surface area contributed by atoms with Gasteiger partial charge in [0.05, 0.1) is 18.0 Å². The van der Waals surface area contributed by atoms with E-state index >= 15 is 0 Å². The summed E-state index contributed by atoms with van der Waals surface area (Å²) in [7, 11) is -3.42. The molecule has 20 heavy (non-hydrogen) atoms. The number of rotatable bonds is 5. The summed E-state index contributed by atoms with van der Waals surface area (Å²) >= 11 is 0. The van der Waals surface area contributed by atoms with Gasteiger partial charge in [0, 0.05) is 12.5 Å². The minimum Gasteiger partial charge on any atom is -0.373 e. The first-order chi connectivity index (χ1) is 9.45. The second kappa shape index (κ2) is 4.82. The van der Waals surface area contributed by atoms with Crippen LogP contribution in [0.5, 0.6) is 0 Å². The lowest BCUT2D eigenvalue weighted by Crippen LogP contribution is -2.41. The molecule has 0 aromatic rings. The summed E-state index contributed by atoms with van der Waals surface area (Å²) in [6, 6.07) is 0. The highest BCUT2D eigenvalue weighted by atomic mass is 32.2. The smallest absolute Gasteiger partial charge is 0.271 e. The lowest BCUT2D eigenvalue weighted by molar-refractivity contribution is -0.117. The maximum Gasteiger partial charge on any atom is 0.271 e. The van der Waals surface area contributed by atoms with Gasteiger partial charge in [-0.1, -0.05) is 13.5 Å². The summed E-state index contributed by atoms with van der Waals surface area (Å²) in [5.41, 5.74) is 0. The average Bonchev–Trinajstić information content (AvgIpc) is 2.96. The van der Waals surface area contributed by atoms with Crippen molar-refractivity contribution in [2.75, 3.05) is 13.2 Å². The lowest BCUT2D eigenvalue weighted by atomic mass is 9.86. The highest BCUT2D eigenvalue weighted by Gasteiger charge is 2.67. The van der Waals surface area contributed by atoms with Gasteiger partial charge in [0.15, 0.2) is 0 Å². The van der Waals surface area contributed by atoms with Crippen LogP contribution < -0.4 is 5.32 Å². The Morgan fingerprint density at radius 2 is 2.25 bits per heavy atom. The number of nitrogens with one attached hydrogen (secondary N) is 1. The van der Waals surface area contributed by atoms with E-state index in [1.807, 2.05) is 6.92 Å². The van der Waals surface area contributed by atoms with E-state index in [-0.39, 0.29) is 41.1 Å². The van der Waals surface area contributed by atoms with Crippen LogP contribution >= 0.6 is 0 Å². The van der Waals surface area contributed by atoms with Crippen molar-refractivity contribution in [3.8, 4) is 0 Å². The number of carbonyl (C=O) groups is 1. The maximum absolute atomic E-state index is 11.9. The minimum absolute atomic E-state index is 0.0766. The molecule has 6 unspecified atom stereocenters. The van der Waals surface area contributed by atoms with Crippen molar-refractivity contribution in [2.24, 2.45) is 17.8 Å². The van der Waals surface area contributed by atoms with Gasteiger partial charge in [-0.3, -0.25) is 8.98 Å². The summed E-state index contributed by atoms with van der Waals surface area (Å²) in [6.07, 6.45) is 1.56. The highest BCUT2D eigenvalue weighted by molar-refractivity contribution is 7.87. The third-order valence-electron chi connectivity index (χ3n) is 4.80. The SMILES string of the molecule is C=CC(=O)NCCOC1C2CC3C1OS(=O)(=O)C3C2C. The summed E-state index contributed by atoms with van der Waals surface area (Å²) in [4.78, 5) is 11.0. The van der Waals surface area contributed by atoms with Crippen LogP contribution in [0.15, 0.2) is 12.7 Å². The Morgan fingerprint density at radius 1 is 1.50 bits per heavy atom. The molecule has 2 bridgehead atoms. The number of fused-ring (bicyclic) bond motifs is 1. The molecule has 1 heterocycles. The first-order valence-electron chi connectivity index (χ1n) is 6.89. The summed E-state index contributed by atoms with van der Waals surface area (Å²) < 4.78 is 34.9. The standard InChI is InChI=1S/C13H19NO5S/c1-3-10(15)14-4-5-18-11-8-6-9-12(11)19-20(16,17)13(9)7(8)2/h3,7-9,11-13H,1,4-6H2,2H3,(H,14,15). The topological polar surface area (TPSA) is 81.7 Å². The zero-order chi connectivity index (χ0) is 14.5. The molecule has 0 radical (unpaired) electrons. The quantitative estimate of drug-likeness (QED) is 0.441. The molecular formula is C13H19NO5S. The van der Waals surface area contributed by atoms with Crippen LogP contribution in [0.2, 0.25) is 0 Å². The molecule has 3 fully saturated rings. The third-order valence-corrected chi connectivity index (χ3v) is 6.74. The van der Waals surface area contributed by atoms with Crippen molar-refractivity contribution < 1.29 is 22.1 Å². The van der Waals surface area contributed by atoms with Crippen LogP contribution in [0, 0.1) is 17.8 Å². The largest absolute Gasteiger partial charge is 0.373 e. The van der Waals surface area contributed by atoms with E-state index in [0.717, 1.165) is 6.42 Å². The molecule has 1 amide bonds. The molecule has 1 N–H and O–H groups in total. The molecule has 112 valence electrons.